The molecule has 0 fully saturated rings. The molecule has 3 aromatic rings. The number of ketones is 1. The van der Waals surface area contributed by atoms with Crippen molar-refractivity contribution >= 4 is 35.2 Å². The normalized spacial score (nSPS) is 12.7. The van der Waals surface area contributed by atoms with Crippen LogP contribution >= 0.6 is 11.3 Å². The summed E-state index contributed by atoms with van der Waals surface area (Å²) in [6, 6.07) is 3.95. The number of Topliss-reactive ketones (excluding diaryl/α,β-unsaturated/α-hetero) is 1. The summed E-state index contributed by atoms with van der Waals surface area (Å²) >= 11 is 1.60. The Balaban J connectivity index is 0.000000149. The van der Waals surface area contributed by atoms with E-state index in [1.807, 2.05) is 31.3 Å². The van der Waals surface area contributed by atoms with Crippen molar-refractivity contribution in [1.82, 2.24) is 25.5 Å². The van der Waals surface area contributed by atoms with Gasteiger partial charge < -0.3 is 5.32 Å². The van der Waals surface area contributed by atoms with E-state index in [1.54, 1.807) is 17.5 Å². The number of fused-ring (bicyclic) bond motifs is 2. The number of amides is 1. The molecule has 1 amide bonds. The van der Waals surface area contributed by atoms with Crippen LogP contribution in [0, 0.1) is 6.92 Å². The first-order valence-electron chi connectivity index (χ1n) is 9.88. The molecule has 156 valence electrons. The summed E-state index contributed by atoms with van der Waals surface area (Å²) in [5.41, 5.74) is 5.95. The Labute approximate surface area is 184 Å². The van der Waals surface area contributed by atoms with Gasteiger partial charge in [0.1, 0.15) is 10.0 Å². The molecular formula is C23H21N5O2S. The number of nitrogens with zero attached hydrogens (tertiary/aromatic N) is 4. The van der Waals surface area contributed by atoms with Crippen molar-refractivity contribution in [2.24, 2.45) is 0 Å². The molecular weight excluding hydrogens is 410 g/mol. The summed E-state index contributed by atoms with van der Waals surface area (Å²) in [7, 11) is 0. The first kappa shape index (κ1) is 20.7. The number of carbonyl (C=O) groups is 2. The molecule has 0 bridgehead atoms. The zero-order valence-electron chi connectivity index (χ0n) is 17.3. The second-order valence-electron chi connectivity index (χ2n) is 7.19. The highest BCUT2D eigenvalue weighted by atomic mass is 32.1. The molecule has 31 heavy (non-hydrogen) atoms. The van der Waals surface area contributed by atoms with Crippen LogP contribution in [0.4, 0.5) is 0 Å². The molecule has 0 radical (unpaired) electrons. The quantitative estimate of drug-likeness (QED) is 0.636. The minimum atomic E-state index is -0.206. The van der Waals surface area contributed by atoms with Gasteiger partial charge in [0.15, 0.2) is 5.78 Å². The third kappa shape index (κ3) is 4.97. The molecule has 0 atom stereocenters. The van der Waals surface area contributed by atoms with Crippen molar-refractivity contribution in [3.05, 3.63) is 69.8 Å². The molecule has 0 unspecified atom stereocenters. The van der Waals surface area contributed by atoms with E-state index in [-0.39, 0.29) is 18.2 Å². The highest BCUT2D eigenvalue weighted by Gasteiger charge is 2.12. The van der Waals surface area contributed by atoms with Crippen LogP contribution in [0.25, 0.3) is 22.7 Å². The smallest absolute Gasteiger partial charge is 0.217 e. The summed E-state index contributed by atoms with van der Waals surface area (Å²) in [6.45, 7) is 3.37. The summed E-state index contributed by atoms with van der Waals surface area (Å²) in [6.07, 6.45) is 13.4. The highest BCUT2D eigenvalue weighted by molar-refractivity contribution is 7.14. The molecule has 8 heteroatoms. The molecule has 7 nitrogen and oxygen atoms in total. The Hall–Kier alpha value is -3.52. The second-order valence-corrected chi connectivity index (χ2v) is 8.37. The van der Waals surface area contributed by atoms with E-state index in [9.17, 15) is 9.59 Å². The molecule has 2 aliphatic carbocycles. The average Bonchev–Trinajstić information content (AvgIpc) is 3.51. The van der Waals surface area contributed by atoms with Crippen LogP contribution in [0.5, 0.6) is 0 Å². The van der Waals surface area contributed by atoms with Gasteiger partial charge in [-0.15, -0.1) is 10.2 Å². The van der Waals surface area contributed by atoms with Crippen molar-refractivity contribution in [3.63, 3.8) is 0 Å². The highest BCUT2D eigenvalue weighted by Crippen LogP contribution is 2.26. The SMILES string of the molecule is CC(=O)NCC(=O)c1cnc2c(c1)C=CC2.Cc1nnc(-c2cnc3c(c2)C=CC3)s1. The van der Waals surface area contributed by atoms with Crippen LogP contribution in [0.15, 0.2) is 36.7 Å². The lowest BCUT2D eigenvalue weighted by atomic mass is 10.1. The van der Waals surface area contributed by atoms with Gasteiger partial charge in [0.05, 0.1) is 17.9 Å². The molecule has 0 spiro atoms. The van der Waals surface area contributed by atoms with E-state index in [1.165, 1.54) is 12.5 Å². The fourth-order valence-electron chi connectivity index (χ4n) is 3.23. The summed E-state index contributed by atoms with van der Waals surface area (Å²) in [5, 5.41) is 12.5. The fraction of sp³-hybridized carbons (Fsp3) is 0.217. The topological polar surface area (TPSA) is 97.7 Å². The van der Waals surface area contributed by atoms with Crippen LogP contribution in [0.1, 0.15) is 44.8 Å². The number of nitrogens with one attached hydrogen (secondary N) is 1. The average molecular weight is 432 g/mol. The number of hydrogen-bond acceptors (Lipinski definition) is 7. The van der Waals surface area contributed by atoms with Crippen LogP contribution < -0.4 is 5.32 Å². The van der Waals surface area contributed by atoms with Crippen molar-refractivity contribution < 1.29 is 9.59 Å². The maximum absolute atomic E-state index is 11.7. The number of aryl methyl sites for hydroxylation is 1. The molecule has 5 rings (SSSR count). The van der Waals surface area contributed by atoms with Gasteiger partial charge in [0.2, 0.25) is 5.91 Å². The van der Waals surface area contributed by atoms with E-state index < -0.39 is 0 Å². The van der Waals surface area contributed by atoms with E-state index >= 15 is 0 Å². The van der Waals surface area contributed by atoms with Crippen molar-refractivity contribution in [2.45, 2.75) is 26.7 Å². The second kappa shape index (κ2) is 9.09. The third-order valence-corrected chi connectivity index (χ3v) is 5.71. The third-order valence-electron chi connectivity index (χ3n) is 4.82. The van der Waals surface area contributed by atoms with Crippen LogP contribution in [0.3, 0.4) is 0 Å². The lowest BCUT2D eigenvalue weighted by molar-refractivity contribution is -0.118. The molecule has 2 aliphatic rings. The fourth-order valence-corrected chi connectivity index (χ4v) is 3.91. The minimum absolute atomic E-state index is 0.0273. The van der Waals surface area contributed by atoms with Gasteiger partial charge in [-0.3, -0.25) is 19.6 Å². The van der Waals surface area contributed by atoms with Gasteiger partial charge in [-0.05, 0) is 30.2 Å². The van der Waals surface area contributed by atoms with Gasteiger partial charge in [0, 0.05) is 43.3 Å². The number of allylic oxidation sites excluding steroid dienone is 2. The van der Waals surface area contributed by atoms with Gasteiger partial charge in [-0.25, -0.2) is 0 Å². The zero-order valence-corrected chi connectivity index (χ0v) is 18.1. The number of pyridine rings is 2. The molecule has 0 saturated heterocycles. The lowest BCUT2D eigenvalue weighted by Crippen LogP contribution is -2.27. The van der Waals surface area contributed by atoms with E-state index in [0.717, 1.165) is 45.4 Å². The first-order chi connectivity index (χ1) is 15.0. The Morgan fingerprint density at radius 1 is 1.00 bits per heavy atom. The predicted octanol–water partition coefficient (Wildman–Crippen LogP) is 3.45. The van der Waals surface area contributed by atoms with Gasteiger partial charge in [0.25, 0.3) is 0 Å². The van der Waals surface area contributed by atoms with Crippen LogP contribution in [-0.2, 0) is 17.6 Å². The van der Waals surface area contributed by atoms with E-state index in [4.69, 9.17) is 0 Å². The number of rotatable bonds is 4. The summed E-state index contributed by atoms with van der Waals surface area (Å²) in [5.74, 6) is -0.326. The number of hydrogen-bond donors (Lipinski definition) is 1. The van der Waals surface area contributed by atoms with Crippen LogP contribution in [-0.4, -0.2) is 38.4 Å². The lowest BCUT2D eigenvalue weighted by Gasteiger charge is -2.03. The Kier molecular flexibility index (Phi) is 6.08. The van der Waals surface area contributed by atoms with Crippen LogP contribution in [0.2, 0.25) is 0 Å². The van der Waals surface area contributed by atoms with Crippen molar-refractivity contribution in [3.8, 4) is 10.6 Å². The first-order valence-corrected chi connectivity index (χ1v) is 10.7. The predicted molar refractivity (Wildman–Crippen MR) is 121 cm³/mol. The monoisotopic (exact) mass is 431 g/mol. The Bertz CT molecular complexity index is 1210. The largest absolute Gasteiger partial charge is 0.349 e. The van der Waals surface area contributed by atoms with E-state index in [2.05, 4.69) is 43.7 Å². The number of aromatic nitrogens is 4. The number of carbonyl (C=O) groups excluding carboxylic acids is 2. The Morgan fingerprint density at radius 2 is 1.68 bits per heavy atom. The maximum atomic E-state index is 11.7. The molecule has 1 N–H and O–H groups in total. The van der Waals surface area contributed by atoms with Gasteiger partial charge >= 0.3 is 0 Å². The minimum Gasteiger partial charge on any atom is -0.349 e. The molecule has 3 heterocycles. The molecule has 0 saturated carbocycles. The summed E-state index contributed by atoms with van der Waals surface area (Å²) < 4.78 is 0. The van der Waals surface area contributed by atoms with Crippen molar-refractivity contribution in [1.29, 1.82) is 0 Å². The maximum Gasteiger partial charge on any atom is 0.217 e. The van der Waals surface area contributed by atoms with Gasteiger partial charge in [-0.1, -0.05) is 35.6 Å². The molecule has 0 aliphatic heterocycles. The molecule has 0 aromatic carbocycles. The zero-order chi connectivity index (χ0) is 21.8. The van der Waals surface area contributed by atoms with E-state index in [0.29, 0.717) is 5.56 Å². The van der Waals surface area contributed by atoms with Gasteiger partial charge in [-0.2, -0.15) is 0 Å². The Morgan fingerprint density at radius 3 is 2.32 bits per heavy atom. The standard InChI is InChI=1S/C12H12N2O2.C11H9N3S/c1-8(15)13-7-12(16)10-5-9-3-2-4-11(9)14-6-10;1-7-13-14-11(15-7)9-5-8-3-2-4-10(8)12-6-9/h2-3,5-6H,4,7H2,1H3,(H,13,15);2-3,5-6H,4H2,1H3. The molecule has 3 aromatic heterocycles. The summed E-state index contributed by atoms with van der Waals surface area (Å²) in [4.78, 5) is 31.0. The van der Waals surface area contributed by atoms with Crippen molar-refractivity contribution in [2.75, 3.05) is 6.54 Å².